The summed E-state index contributed by atoms with van der Waals surface area (Å²) in [6.45, 7) is 3.23. The minimum absolute atomic E-state index is 0.0674. The maximum Gasteiger partial charge on any atom is 0.573 e. The van der Waals surface area contributed by atoms with Gasteiger partial charge in [-0.25, -0.2) is 4.98 Å². The van der Waals surface area contributed by atoms with Crippen LogP contribution in [-0.4, -0.2) is 40.1 Å². The summed E-state index contributed by atoms with van der Waals surface area (Å²) < 4.78 is 115. The van der Waals surface area contributed by atoms with E-state index < -0.39 is 30.4 Å². The van der Waals surface area contributed by atoms with Crippen molar-refractivity contribution < 1.29 is 49.7 Å². The third-order valence-electron chi connectivity index (χ3n) is 8.21. The quantitative estimate of drug-likeness (QED) is 0.100. The molecule has 0 unspecified atom stereocenters. The molecular formula is C38H34F7N3O4. The Kier molecular flexibility index (Phi) is 10.9. The minimum Gasteiger partial charge on any atom is -0.454 e. The lowest BCUT2D eigenvalue weighted by molar-refractivity contribution is -0.274. The van der Waals surface area contributed by atoms with E-state index in [-0.39, 0.29) is 26.4 Å². The molecule has 0 saturated heterocycles. The van der Waals surface area contributed by atoms with Crippen LogP contribution >= 0.6 is 0 Å². The monoisotopic (exact) mass is 729 g/mol. The molecule has 0 bridgehead atoms. The highest BCUT2D eigenvalue weighted by atomic mass is 19.4. The number of alkyl halides is 7. The number of unbranched alkanes of at least 4 members (excludes halogenated alkanes) is 1. The van der Waals surface area contributed by atoms with Crippen LogP contribution in [0.3, 0.4) is 0 Å². The predicted octanol–water partition coefficient (Wildman–Crippen LogP) is 10.1. The van der Waals surface area contributed by atoms with E-state index in [9.17, 15) is 30.7 Å². The van der Waals surface area contributed by atoms with Gasteiger partial charge < -0.3 is 23.5 Å². The molecule has 1 aromatic heterocycles. The molecule has 2 heterocycles. The van der Waals surface area contributed by atoms with Crippen LogP contribution in [0.15, 0.2) is 97.1 Å². The fraction of sp³-hybridized carbons (Fsp3) is 0.289. The smallest absolute Gasteiger partial charge is 0.454 e. The number of imidazole rings is 1. The second kappa shape index (κ2) is 15.6. The number of hydrogen-bond donors (Lipinski definition) is 0. The Labute approximate surface area is 295 Å². The fourth-order valence-corrected chi connectivity index (χ4v) is 5.93. The van der Waals surface area contributed by atoms with Gasteiger partial charge in [-0.3, -0.25) is 4.90 Å². The molecule has 7 nitrogen and oxygen atoms in total. The van der Waals surface area contributed by atoms with Gasteiger partial charge in [0.05, 0.1) is 11.4 Å². The zero-order valence-electron chi connectivity index (χ0n) is 27.9. The Hall–Kier alpha value is -5.24. The Morgan fingerprint density at radius 1 is 0.750 bits per heavy atom. The number of aromatic nitrogens is 2. The summed E-state index contributed by atoms with van der Waals surface area (Å²) >= 11 is 0. The van der Waals surface area contributed by atoms with Crippen LogP contribution in [0, 0.1) is 0 Å². The molecule has 5 aromatic rings. The van der Waals surface area contributed by atoms with Gasteiger partial charge >= 0.3 is 18.9 Å². The third kappa shape index (κ3) is 8.97. The molecule has 274 valence electrons. The number of nitrogens with zero attached hydrogens (tertiary/aromatic N) is 3. The SMILES string of the molecule is CCCCn1c(-c2ccccc2)nc(-c2cccc(OC(F)(F)F)c2)c1CN(Cc1cccc(OC(F)(F)C(F)F)c1)Cc1ccc2c(c1)OCO2. The largest absolute Gasteiger partial charge is 0.573 e. The van der Waals surface area contributed by atoms with Gasteiger partial charge in [0, 0.05) is 37.3 Å². The first-order valence-corrected chi connectivity index (χ1v) is 16.4. The van der Waals surface area contributed by atoms with Crippen molar-refractivity contribution in [3.8, 4) is 45.6 Å². The first-order valence-electron chi connectivity index (χ1n) is 16.4. The molecule has 0 amide bonds. The van der Waals surface area contributed by atoms with Gasteiger partial charge in [0.15, 0.2) is 11.5 Å². The molecule has 1 aliphatic heterocycles. The van der Waals surface area contributed by atoms with Crippen molar-refractivity contribution >= 4 is 0 Å². The van der Waals surface area contributed by atoms with Gasteiger partial charge in [0.1, 0.15) is 17.3 Å². The molecular weight excluding hydrogens is 695 g/mol. The van der Waals surface area contributed by atoms with Gasteiger partial charge in [-0.1, -0.05) is 74.0 Å². The fourth-order valence-electron chi connectivity index (χ4n) is 5.93. The van der Waals surface area contributed by atoms with Crippen molar-refractivity contribution in [2.24, 2.45) is 0 Å². The molecule has 1 aliphatic rings. The van der Waals surface area contributed by atoms with Crippen molar-refractivity contribution in [3.05, 3.63) is 114 Å². The van der Waals surface area contributed by atoms with E-state index in [0.29, 0.717) is 46.4 Å². The topological polar surface area (TPSA) is 58.0 Å². The highest BCUT2D eigenvalue weighted by molar-refractivity contribution is 5.69. The highest BCUT2D eigenvalue weighted by Gasteiger charge is 2.44. The van der Waals surface area contributed by atoms with Crippen molar-refractivity contribution in [1.82, 2.24) is 14.5 Å². The summed E-state index contributed by atoms with van der Waals surface area (Å²) in [5, 5.41) is 0. The van der Waals surface area contributed by atoms with Crippen LogP contribution in [-0.2, 0) is 26.2 Å². The number of ether oxygens (including phenoxy) is 4. The number of benzene rings is 4. The number of hydrogen-bond acceptors (Lipinski definition) is 6. The molecule has 52 heavy (non-hydrogen) atoms. The molecule has 0 fully saturated rings. The molecule has 4 aromatic carbocycles. The van der Waals surface area contributed by atoms with Crippen LogP contribution in [0.5, 0.6) is 23.0 Å². The minimum atomic E-state index is -4.91. The van der Waals surface area contributed by atoms with E-state index in [2.05, 4.69) is 9.47 Å². The zero-order chi connectivity index (χ0) is 36.9. The van der Waals surface area contributed by atoms with Crippen LogP contribution in [0.2, 0.25) is 0 Å². The van der Waals surface area contributed by atoms with Crippen LogP contribution in [0.4, 0.5) is 30.7 Å². The van der Waals surface area contributed by atoms with E-state index >= 15 is 0 Å². The van der Waals surface area contributed by atoms with Crippen LogP contribution in [0.1, 0.15) is 36.6 Å². The molecule has 14 heteroatoms. The molecule has 0 aliphatic carbocycles. The molecule has 0 atom stereocenters. The lowest BCUT2D eigenvalue weighted by Crippen LogP contribution is -2.33. The van der Waals surface area contributed by atoms with Gasteiger partial charge in [-0.2, -0.15) is 17.6 Å². The Balaban J connectivity index is 1.45. The maximum absolute atomic E-state index is 13.8. The summed E-state index contributed by atoms with van der Waals surface area (Å²) in [6.07, 6.45) is -12.0. The molecule has 6 rings (SSSR count). The standard InChI is InChI=1S/C38H34F7N3O4/c1-2-3-17-48-31(34(46-35(48)27-10-5-4-6-11-27)28-12-8-14-30(20-28)52-38(43,44)45)23-47(22-26-15-16-32-33(19-26)50-24-49-32)21-25-9-7-13-29(18-25)51-37(41,42)36(39)40/h4-16,18-20,36H,2-3,17,21-24H2,1H3. The van der Waals surface area contributed by atoms with Crippen molar-refractivity contribution in [2.45, 2.75) is 64.8 Å². The lowest BCUT2D eigenvalue weighted by Gasteiger charge is -2.25. The van der Waals surface area contributed by atoms with Crippen LogP contribution in [0.25, 0.3) is 22.6 Å². The van der Waals surface area contributed by atoms with Crippen molar-refractivity contribution in [1.29, 1.82) is 0 Å². The second-order valence-corrected chi connectivity index (χ2v) is 12.1. The first kappa shape index (κ1) is 36.5. The van der Waals surface area contributed by atoms with Gasteiger partial charge in [0.25, 0.3) is 0 Å². The zero-order valence-corrected chi connectivity index (χ0v) is 27.9. The lowest BCUT2D eigenvalue weighted by atomic mass is 10.1. The van der Waals surface area contributed by atoms with E-state index in [0.717, 1.165) is 24.0 Å². The summed E-state index contributed by atoms with van der Waals surface area (Å²) in [5.74, 6) is 0.883. The van der Waals surface area contributed by atoms with Gasteiger partial charge in [-0.05, 0) is 53.9 Å². The summed E-state index contributed by atoms with van der Waals surface area (Å²) in [4.78, 5) is 7.00. The summed E-state index contributed by atoms with van der Waals surface area (Å²) in [6, 6.07) is 26.0. The molecule has 0 saturated carbocycles. The number of halogens is 7. The molecule has 0 radical (unpaired) electrons. The first-order chi connectivity index (χ1) is 24.9. The van der Waals surface area contributed by atoms with E-state index in [4.69, 9.17) is 14.5 Å². The Bertz CT molecular complexity index is 1970. The summed E-state index contributed by atoms with van der Waals surface area (Å²) in [5.41, 5.74) is 3.57. The average Bonchev–Trinajstić information content (AvgIpc) is 3.71. The Morgan fingerprint density at radius 2 is 1.42 bits per heavy atom. The Morgan fingerprint density at radius 3 is 2.13 bits per heavy atom. The van der Waals surface area contributed by atoms with Crippen LogP contribution < -0.4 is 18.9 Å². The summed E-state index contributed by atoms with van der Waals surface area (Å²) in [7, 11) is 0. The van der Waals surface area contributed by atoms with E-state index in [1.807, 2.05) is 58.9 Å². The second-order valence-electron chi connectivity index (χ2n) is 12.1. The van der Waals surface area contributed by atoms with Gasteiger partial charge in [0.2, 0.25) is 6.79 Å². The third-order valence-corrected chi connectivity index (χ3v) is 8.21. The van der Waals surface area contributed by atoms with Crippen molar-refractivity contribution in [3.63, 3.8) is 0 Å². The van der Waals surface area contributed by atoms with Crippen molar-refractivity contribution in [2.75, 3.05) is 6.79 Å². The van der Waals surface area contributed by atoms with E-state index in [1.165, 1.54) is 36.4 Å². The molecule has 0 spiro atoms. The average molecular weight is 730 g/mol. The number of fused-ring (bicyclic) bond motifs is 1. The number of rotatable bonds is 15. The van der Waals surface area contributed by atoms with Gasteiger partial charge in [-0.15, -0.1) is 13.2 Å². The normalized spacial score (nSPS) is 12.9. The maximum atomic E-state index is 13.8. The van der Waals surface area contributed by atoms with E-state index in [1.54, 1.807) is 18.2 Å². The highest BCUT2D eigenvalue weighted by Crippen LogP contribution is 2.36. The predicted molar refractivity (Wildman–Crippen MR) is 178 cm³/mol. The molecule has 0 N–H and O–H groups in total.